The molecule has 0 radical (unpaired) electrons. The number of amides is 1. The maximum atomic E-state index is 11.9. The smallest absolute Gasteiger partial charge is 0.238 e. The highest BCUT2D eigenvalue weighted by Crippen LogP contribution is 2.25. The number of β-amino-alcohol motifs (C(OH)–C–C–N with tert-alkyl or cyclic N) is 1. The Hall–Kier alpha value is -1.39. The molecule has 4 heteroatoms. The number of hydrogen-bond donors (Lipinski definition) is 2. The number of nitrogens with one attached hydrogen (secondary N) is 1. The van der Waals surface area contributed by atoms with Crippen LogP contribution in [-0.4, -0.2) is 41.1 Å². The van der Waals surface area contributed by atoms with E-state index in [9.17, 15) is 9.90 Å². The number of carbonyl (C=O) groups excluding carboxylic acids is 1. The van der Waals surface area contributed by atoms with E-state index in [-0.39, 0.29) is 5.91 Å². The molecule has 1 fully saturated rings. The van der Waals surface area contributed by atoms with Crippen molar-refractivity contribution in [3.05, 3.63) is 29.8 Å². The summed E-state index contributed by atoms with van der Waals surface area (Å²) in [5.41, 5.74) is 1.52. The molecule has 0 aliphatic carbocycles. The summed E-state index contributed by atoms with van der Waals surface area (Å²) in [7, 11) is 0. The van der Waals surface area contributed by atoms with Crippen LogP contribution in [0.5, 0.6) is 0 Å². The van der Waals surface area contributed by atoms with Crippen LogP contribution in [0.4, 0.5) is 5.69 Å². The van der Waals surface area contributed by atoms with Crippen LogP contribution >= 0.6 is 0 Å². The predicted molar refractivity (Wildman–Crippen MR) is 80.7 cm³/mol. The first-order valence-electron chi connectivity index (χ1n) is 7.38. The average Bonchev–Trinajstić information content (AvgIpc) is 2.38. The number of carbonyl (C=O) groups is 1. The molecule has 2 N–H and O–H groups in total. The molecule has 1 aliphatic rings. The van der Waals surface area contributed by atoms with Gasteiger partial charge in [0.1, 0.15) is 0 Å². The number of likely N-dealkylation sites (tertiary alicyclic amines) is 1. The molecule has 2 rings (SSSR count). The molecule has 1 heterocycles. The number of benzene rings is 1. The minimum absolute atomic E-state index is 0.0206. The largest absolute Gasteiger partial charge is 0.387 e. The Morgan fingerprint density at radius 2 is 1.95 bits per heavy atom. The van der Waals surface area contributed by atoms with Gasteiger partial charge in [0.2, 0.25) is 5.91 Å². The summed E-state index contributed by atoms with van der Waals surface area (Å²) in [5.74, 6) is -0.0206. The Labute approximate surface area is 120 Å². The van der Waals surface area contributed by atoms with Crippen LogP contribution in [0, 0.1) is 0 Å². The zero-order chi connectivity index (χ0) is 14.6. The molecular weight excluding hydrogens is 252 g/mol. The fourth-order valence-corrected chi connectivity index (χ4v) is 2.75. The first kappa shape index (κ1) is 15.0. The second-order valence-corrected chi connectivity index (χ2v) is 5.72. The summed E-state index contributed by atoms with van der Waals surface area (Å²) in [4.78, 5) is 13.9. The monoisotopic (exact) mass is 276 g/mol. The minimum atomic E-state index is -0.572. The zero-order valence-electron chi connectivity index (χ0n) is 12.4. The summed E-state index contributed by atoms with van der Waals surface area (Å²) < 4.78 is 0. The molecule has 0 unspecified atom stereocenters. The molecule has 20 heavy (non-hydrogen) atoms. The molecule has 1 amide bonds. The molecule has 0 saturated carbocycles. The summed E-state index contributed by atoms with van der Waals surface area (Å²) in [5, 5.41) is 13.0. The third-order valence-electron chi connectivity index (χ3n) is 3.76. The Morgan fingerprint density at radius 1 is 1.30 bits per heavy atom. The van der Waals surface area contributed by atoms with E-state index in [1.807, 2.05) is 29.2 Å². The van der Waals surface area contributed by atoms with E-state index in [0.717, 1.165) is 24.9 Å². The molecule has 0 aromatic heterocycles. The Bertz CT molecular complexity index is 450. The molecule has 1 saturated heterocycles. The van der Waals surface area contributed by atoms with Gasteiger partial charge < -0.3 is 10.4 Å². The van der Waals surface area contributed by atoms with Crippen molar-refractivity contribution in [2.24, 2.45) is 0 Å². The normalized spacial score (nSPS) is 17.6. The topological polar surface area (TPSA) is 52.6 Å². The number of aliphatic hydroxyl groups is 1. The van der Waals surface area contributed by atoms with Gasteiger partial charge in [-0.1, -0.05) is 32.4 Å². The fraction of sp³-hybridized carbons (Fsp3) is 0.562. The molecule has 1 aromatic carbocycles. The molecule has 0 spiro atoms. The van der Waals surface area contributed by atoms with Crippen LogP contribution in [0.1, 0.15) is 32.3 Å². The van der Waals surface area contributed by atoms with Crippen LogP contribution in [0.3, 0.4) is 0 Å². The number of nitrogens with zero attached hydrogens (tertiary/aromatic N) is 1. The molecule has 1 aromatic rings. The summed E-state index contributed by atoms with van der Waals surface area (Å²) in [6.45, 7) is 5.72. The third kappa shape index (κ3) is 3.81. The van der Waals surface area contributed by atoms with Gasteiger partial charge in [0.15, 0.2) is 0 Å². The van der Waals surface area contributed by atoms with Crippen LogP contribution in [0.2, 0.25) is 0 Å². The lowest BCUT2D eigenvalue weighted by molar-refractivity contribution is -0.129. The molecular formula is C16H24N2O2. The van der Waals surface area contributed by atoms with E-state index in [2.05, 4.69) is 19.2 Å². The van der Waals surface area contributed by atoms with E-state index < -0.39 is 5.60 Å². The van der Waals surface area contributed by atoms with Gasteiger partial charge in [-0.3, -0.25) is 9.69 Å². The van der Waals surface area contributed by atoms with E-state index >= 15 is 0 Å². The van der Waals surface area contributed by atoms with Crippen molar-refractivity contribution in [2.75, 3.05) is 25.0 Å². The van der Waals surface area contributed by atoms with Gasteiger partial charge in [-0.25, -0.2) is 0 Å². The van der Waals surface area contributed by atoms with E-state index in [0.29, 0.717) is 19.6 Å². The van der Waals surface area contributed by atoms with Gasteiger partial charge in [0, 0.05) is 18.8 Å². The lowest BCUT2D eigenvalue weighted by Gasteiger charge is -2.46. The quantitative estimate of drug-likeness (QED) is 0.836. The highest BCUT2D eigenvalue weighted by Gasteiger charge is 2.40. The van der Waals surface area contributed by atoms with Crippen molar-refractivity contribution in [2.45, 2.75) is 38.7 Å². The summed E-state index contributed by atoms with van der Waals surface area (Å²) in [6, 6.07) is 7.92. The van der Waals surface area contributed by atoms with Crippen LogP contribution < -0.4 is 5.32 Å². The standard InChI is InChI=1S/C16H24N2O2/c1-3-9-16(20)11-18(12-16)10-15(19)17-14-7-5-13(4-2)6-8-14/h5-8,20H,3-4,9-12H2,1-2H3,(H,17,19). The highest BCUT2D eigenvalue weighted by molar-refractivity contribution is 5.92. The van der Waals surface area contributed by atoms with Crippen molar-refractivity contribution >= 4 is 11.6 Å². The van der Waals surface area contributed by atoms with Crippen molar-refractivity contribution < 1.29 is 9.90 Å². The Balaban J connectivity index is 1.76. The number of anilines is 1. The highest BCUT2D eigenvalue weighted by atomic mass is 16.3. The van der Waals surface area contributed by atoms with Crippen molar-refractivity contribution in [1.82, 2.24) is 4.90 Å². The Kier molecular flexibility index (Phi) is 4.78. The zero-order valence-corrected chi connectivity index (χ0v) is 12.4. The molecule has 1 aliphatic heterocycles. The molecule has 0 atom stereocenters. The van der Waals surface area contributed by atoms with Crippen molar-refractivity contribution in [3.8, 4) is 0 Å². The number of rotatable bonds is 6. The van der Waals surface area contributed by atoms with Gasteiger partial charge in [-0.05, 0) is 30.5 Å². The van der Waals surface area contributed by atoms with Crippen molar-refractivity contribution in [1.29, 1.82) is 0 Å². The maximum absolute atomic E-state index is 11.9. The molecule has 0 bridgehead atoms. The average molecular weight is 276 g/mol. The third-order valence-corrected chi connectivity index (χ3v) is 3.76. The second kappa shape index (κ2) is 6.37. The van der Waals surface area contributed by atoms with E-state index in [1.54, 1.807) is 0 Å². The number of aryl methyl sites for hydroxylation is 1. The summed E-state index contributed by atoms with van der Waals surface area (Å²) in [6.07, 6.45) is 2.78. The van der Waals surface area contributed by atoms with Crippen LogP contribution in [0.15, 0.2) is 24.3 Å². The first-order chi connectivity index (χ1) is 9.54. The number of hydrogen-bond acceptors (Lipinski definition) is 3. The predicted octanol–water partition coefficient (Wildman–Crippen LogP) is 2.03. The minimum Gasteiger partial charge on any atom is -0.387 e. The van der Waals surface area contributed by atoms with E-state index in [1.165, 1.54) is 5.56 Å². The lowest BCUT2D eigenvalue weighted by atomic mass is 9.89. The summed E-state index contributed by atoms with van der Waals surface area (Å²) >= 11 is 0. The fourth-order valence-electron chi connectivity index (χ4n) is 2.75. The van der Waals surface area contributed by atoms with Gasteiger partial charge >= 0.3 is 0 Å². The molecule has 110 valence electrons. The van der Waals surface area contributed by atoms with Crippen LogP contribution in [0.25, 0.3) is 0 Å². The first-order valence-corrected chi connectivity index (χ1v) is 7.38. The lowest BCUT2D eigenvalue weighted by Crippen LogP contribution is -2.62. The van der Waals surface area contributed by atoms with Gasteiger partial charge in [0.05, 0.1) is 12.1 Å². The maximum Gasteiger partial charge on any atom is 0.238 e. The van der Waals surface area contributed by atoms with Gasteiger partial charge in [-0.2, -0.15) is 0 Å². The van der Waals surface area contributed by atoms with E-state index in [4.69, 9.17) is 0 Å². The second-order valence-electron chi connectivity index (χ2n) is 5.72. The molecule has 4 nitrogen and oxygen atoms in total. The van der Waals surface area contributed by atoms with Crippen molar-refractivity contribution in [3.63, 3.8) is 0 Å². The van der Waals surface area contributed by atoms with Gasteiger partial charge in [0.25, 0.3) is 0 Å². The Morgan fingerprint density at radius 3 is 2.50 bits per heavy atom. The van der Waals surface area contributed by atoms with Gasteiger partial charge in [-0.15, -0.1) is 0 Å². The van der Waals surface area contributed by atoms with Crippen LogP contribution in [-0.2, 0) is 11.2 Å². The SMILES string of the molecule is CCCC1(O)CN(CC(=O)Nc2ccc(CC)cc2)C1.